The van der Waals surface area contributed by atoms with Crippen molar-refractivity contribution in [2.75, 3.05) is 0 Å². The molecule has 0 radical (unpaired) electrons. The van der Waals surface area contributed by atoms with E-state index in [1.807, 2.05) is 24.7 Å². The largest absolute Gasteiger partial charge is 0.478 e. The van der Waals surface area contributed by atoms with E-state index in [2.05, 4.69) is 25.9 Å². The van der Waals surface area contributed by atoms with E-state index in [9.17, 15) is 4.79 Å². The average molecular weight is 350 g/mol. The van der Waals surface area contributed by atoms with Crippen molar-refractivity contribution < 1.29 is 9.90 Å². The van der Waals surface area contributed by atoms with Crippen LogP contribution in [0.2, 0.25) is 0 Å². The molecule has 1 N–H and O–H groups in total. The molecule has 21 heavy (non-hydrogen) atoms. The number of carboxylic acid groups (broad SMARTS) is 1. The van der Waals surface area contributed by atoms with Crippen molar-refractivity contribution in [3.05, 3.63) is 50.8 Å². The van der Waals surface area contributed by atoms with Crippen molar-refractivity contribution in [2.24, 2.45) is 7.05 Å². The monoisotopic (exact) mass is 349 g/mol. The molecular weight excluding hydrogens is 334 g/mol. The lowest BCUT2D eigenvalue weighted by atomic mass is 10.1. The molecule has 0 aliphatic carbocycles. The fourth-order valence-corrected chi connectivity index (χ4v) is 3.23. The quantitative estimate of drug-likeness (QED) is 0.925. The highest BCUT2D eigenvalue weighted by Gasteiger charge is 2.22. The lowest BCUT2D eigenvalue weighted by Gasteiger charge is -2.15. The van der Waals surface area contributed by atoms with Crippen LogP contribution >= 0.6 is 15.9 Å². The number of aromatic carboxylic acids is 1. The Kier molecular flexibility index (Phi) is 3.59. The molecule has 1 aliphatic heterocycles. The van der Waals surface area contributed by atoms with E-state index in [-0.39, 0.29) is 0 Å². The van der Waals surface area contributed by atoms with Gasteiger partial charge in [-0.2, -0.15) is 5.10 Å². The summed E-state index contributed by atoms with van der Waals surface area (Å²) in [5.41, 5.74) is 4.78. The molecule has 5 nitrogen and oxygen atoms in total. The highest BCUT2D eigenvalue weighted by molar-refractivity contribution is 9.10. The number of fused-ring (bicyclic) bond motifs is 1. The van der Waals surface area contributed by atoms with E-state index in [0.717, 1.165) is 41.1 Å². The topological polar surface area (TPSA) is 58.4 Å². The summed E-state index contributed by atoms with van der Waals surface area (Å²) in [5.74, 6) is -0.874. The van der Waals surface area contributed by atoms with Crippen molar-refractivity contribution in [2.45, 2.75) is 26.6 Å². The summed E-state index contributed by atoms with van der Waals surface area (Å²) < 4.78 is 2.94. The Bertz CT molecular complexity index is 724. The smallest absolute Gasteiger partial charge is 0.335 e. The van der Waals surface area contributed by atoms with Crippen LogP contribution in [0.5, 0.6) is 0 Å². The molecular formula is C15H16BrN3O2. The zero-order valence-electron chi connectivity index (χ0n) is 11.9. The molecule has 0 atom stereocenters. The minimum Gasteiger partial charge on any atom is -0.478 e. The zero-order valence-corrected chi connectivity index (χ0v) is 13.5. The lowest BCUT2D eigenvalue weighted by molar-refractivity contribution is 0.0696. The Morgan fingerprint density at radius 1 is 1.38 bits per heavy atom. The predicted octanol–water partition coefficient (Wildman–Crippen LogP) is 2.71. The number of aromatic nitrogens is 2. The van der Waals surface area contributed by atoms with Gasteiger partial charge in [0.15, 0.2) is 0 Å². The summed E-state index contributed by atoms with van der Waals surface area (Å²) in [4.78, 5) is 13.3. The number of nitrogens with zero attached hydrogens (tertiary/aromatic N) is 3. The number of benzene rings is 1. The van der Waals surface area contributed by atoms with Crippen LogP contribution in [0.3, 0.4) is 0 Å². The molecule has 0 unspecified atom stereocenters. The maximum absolute atomic E-state index is 11.0. The van der Waals surface area contributed by atoms with Gasteiger partial charge in [0, 0.05) is 26.7 Å². The maximum Gasteiger partial charge on any atom is 0.335 e. The van der Waals surface area contributed by atoms with E-state index in [1.54, 1.807) is 12.1 Å². The van der Waals surface area contributed by atoms with Gasteiger partial charge in [0.25, 0.3) is 0 Å². The van der Waals surface area contributed by atoms with Gasteiger partial charge in [-0.05, 0) is 46.1 Å². The molecule has 3 rings (SSSR count). The normalized spacial score (nSPS) is 14.4. The van der Waals surface area contributed by atoms with E-state index in [1.165, 1.54) is 5.56 Å². The van der Waals surface area contributed by atoms with E-state index < -0.39 is 5.97 Å². The molecule has 2 aromatic rings. The molecule has 0 spiro atoms. The third-order valence-corrected chi connectivity index (χ3v) is 4.91. The van der Waals surface area contributed by atoms with Crippen LogP contribution in [0, 0.1) is 6.92 Å². The van der Waals surface area contributed by atoms with Gasteiger partial charge in [-0.1, -0.05) is 6.07 Å². The number of carbonyl (C=O) groups is 1. The first-order valence-electron chi connectivity index (χ1n) is 6.71. The first-order valence-corrected chi connectivity index (χ1v) is 7.50. The van der Waals surface area contributed by atoms with Gasteiger partial charge in [0.05, 0.1) is 21.4 Å². The number of rotatable bonds is 3. The molecule has 0 saturated heterocycles. The van der Waals surface area contributed by atoms with Gasteiger partial charge in [-0.3, -0.25) is 9.58 Å². The number of halogens is 1. The Morgan fingerprint density at radius 3 is 2.71 bits per heavy atom. The first kappa shape index (κ1) is 14.3. The highest BCUT2D eigenvalue weighted by atomic mass is 79.9. The second-order valence-electron chi connectivity index (χ2n) is 5.40. The van der Waals surface area contributed by atoms with Crippen LogP contribution in [-0.2, 0) is 26.7 Å². The summed E-state index contributed by atoms with van der Waals surface area (Å²) in [6.45, 7) is 4.37. The lowest BCUT2D eigenvalue weighted by Crippen LogP contribution is -2.18. The summed E-state index contributed by atoms with van der Waals surface area (Å²) >= 11 is 3.59. The Morgan fingerprint density at radius 2 is 2.10 bits per heavy atom. The number of carboxylic acids is 1. The minimum atomic E-state index is -0.874. The SMILES string of the molecule is Cc1nn(C)c(CN2Cc3ccc(C(=O)O)cc3C2)c1Br. The molecule has 1 aromatic heterocycles. The summed E-state index contributed by atoms with van der Waals surface area (Å²) in [5, 5.41) is 13.5. The highest BCUT2D eigenvalue weighted by Crippen LogP contribution is 2.28. The van der Waals surface area contributed by atoms with E-state index in [0.29, 0.717) is 5.56 Å². The van der Waals surface area contributed by atoms with Gasteiger partial charge in [-0.15, -0.1) is 0 Å². The maximum atomic E-state index is 11.0. The van der Waals surface area contributed by atoms with Gasteiger partial charge in [0.2, 0.25) is 0 Å². The van der Waals surface area contributed by atoms with Crippen molar-refractivity contribution in [1.82, 2.24) is 14.7 Å². The second kappa shape index (κ2) is 5.27. The standard InChI is InChI=1S/C15H16BrN3O2/c1-9-14(16)13(18(2)17-9)8-19-6-11-4-3-10(15(20)21)5-12(11)7-19/h3-5H,6-8H2,1-2H3,(H,20,21). The van der Waals surface area contributed by atoms with Crippen LogP contribution in [0.25, 0.3) is 0 Å². The minimum absolute atomic E-state index is 0.355. The summed E-state index contributed by atoms with van der Waals surface area (Å²) in [6.07, 6.45) is 0. The molecule has 0 amide bonds. The average Bonchev–Trinajstić information content (AvgIpc) is 2.94. The summed E-state index contributed by atoms with van der Waals surface area (Å²) in [6, 6.07) is 5.37. The molecule has 6 heteroatoms. The molecule has 0 fully saturated rings. The predicted molar refractivity (Wildman–Crippen MR) is 82.0 cm³/mol. The molecule has 0 bridgehead atoms. The van der Waals surface area contributed by atoms with Crippen molar-refractivity contribution in [1.29, 1.82) is 0 Å². The molecule has 1 aromatic carbocycles. The first-order chi connectivity index (χ1) is 9.95. The molecule has 110 valence electrons. The molecule has 0 saturated carbocycles. The third-order valence-electron chi connectivity index (χ3n) is 3.88. The van der Waals surface area contributed by atoms with Gasteiger partial charge >= 0.3 is 5.97 Å². The Balaban J connectivity index is 1.80. The van der Waals surface area contributed by atoms with Crippen LogP contribution in [0.4, 0.5) is 0 Å². The fraction of sp³-hybridized carbons (Fsp3) is 0.333. The van der Waals surface area contributed by atoms with Gasteiger partial charge in [-0.25, -0.2) is 4.79 Å². The van der Waals surface area contributed by atoms with E-state index in [4.69, 9.17) is 5.11 Å². The van der Waals surface area contributed by atoms with Gasteiger partial charge < -0.3 is 5.11 Å². The molecule has 1 aliphatic rings. The second-order valence-corrected chi connectivity index (χ2v) is 6.20. The number of hydrogen-bond donors (Lipinski definition) is 1. The van der Waals surface area contributed by atoms with Crippen molar-refractivity contribution >= 4 is 21.9 Å². The van der Waals surface area contributed by atoms with Crippen LogP contribution in [0.1, 0.15) is 32.9 Å². The Labute approximate surface area is 131 Å². The number of hydrogen-bond acceptors (Lipinski definition) is 3. The zero-order chi connectivity index (χ0) is 15.1. The van der Waals surface area contributed by atoms with Crippen LogP contribution < -0.4 is 0 Å². The summed E-state index contributed by atoms with van der Waals surface area (Å²) in [7, 11) is 1.94. The van der Waals surface area contributed by atoms with Crippen molar-refractivity contribution in [3.8, 4) is 0 Å². The van der Waals surface area contributed by atoms with Crippen LogP contribution in [-0.4, -0.2) is 25.8 Å². The molecule has 2 heterocycles. The Hall–Kier alpha value is -1.66. The van der Waals surface area contributed by atoms with Crippen LogP contribution in [0.15, 0.2) is 22.7 Å². The fourth-order valence-electron chi connectivity index (χ4n) is 2.77. The van der Waals surface area contributed by atoms with E-state index >= 15 is 0 Å². The van der Waals surface area contributed by atoms with Crippen molar-refractivity contribution in [3.63, 3.8) is 0 Å². The number of aryl methyl sites for hydroxylation is 2. The third kappa shape index (κ3) is 2.61. The van der Waals surface area contributed by atoms with Gasteiger partial charge in [0.1, 0.15) is 0 Å².